The lowest BCUT2D eigenvalue weighted by molar-refractivity contribution is -0.143. The quantitative estimate of drug-likeness (QED) is 0.467. The van der Waals surface area contributed by atoms with Crippen LogP contribution in [0.25, 0.3) is 0 Å². The Hall–Kier alpha value is -3.01. The maximum absolute atomic E-state index is 14.3. The lowest BCUT2D eigenvalue weighted by Gasteiger charge is -2.15. The highest BCUT2D eigenvalue weighted by atomic mass is 32.2. The predicted molar refractivity (Wildman–Crippen MR) is 93.6 cm³/mol. The summed E-state index contributed by atoms with van der Waals surface area (Å²) in [5, 5.41) is 3.21. The van der Waals surface area contributed by atoms with Gasteiger partial charge in [-0.1, -0.05) is 4.49 Å². The molecule has 1 aromatic heterocycles. The van der Waals surface area contributed by atoms with Gasteiger partial charge in [0.15, 0.2) is 11.6 Å². The Labute approximate surface area is 177 Å². The fourth-order valence-corrected chi connectivity index (χ4v) is 4.06. The summed E-state index contributed by atoms with van der Waals surface area (Å²) in [6, 6.07) is 0.437. The Morgan fingerprint density at radius 1 is 0.875 bits per heavy atom. The van der Waals surface area contributed by atoms with Gasteiger partial charge in [-0.3, -0.25) is 4.72 Å². The fraction of sp³-hybridized carbons (Fsp3) is 0.125. The number of nitrogens with one attached hydrogen (secondary N) is 1. The van der Waals surface area contributed by atoms with E-state index >= 15 is 0 Å². The molecule has 1 heterocycles. The third-order valence-corrected chi connectivity index (χ3v) is 5.75. The van der Waals surface area contributed by atoms with Gasteiger partial charge >= 0.3 is 12.4 Å². The second-order valence-corrected chi connectivity index (χ2v) is 8.38. The topological polar surface area (TPSA) is 81.2 Å². The lowest BCUT2D eigenvalue weighted by Crippen LogP contribution is -2.14. The van der Waals surface area contributed by atoms with Crippen molar-refractivity contribution >= 4 is 26.6 Å². The summed E-state index contributed by atoms with van der Waals surface area (Å²) in [7, 11) is -4.67. The molecule has 0 bridgehead atoms. The van der Waals surface area contributed by atoms with Crippen LogP contribution in [0.15, 0.2) is 41.4 Å². The molecule has 6 nitrogen and oxygen atoms in total. The van der Waals surface area contributed by atoms with E-state index in [-0.39, 0.29) is 35.3 Å². The molecule has 0 fully saturated rings. The van der Waals surface area contributed by atoms with Crippen molar-refractivity contribution in [2.45, 2.75) is 17.2 Å². The van der Waals surface area contributed by atoms with Gasteiger partial charge in [0.1, 0.15) is 21.5 Å². The second-order valence-electron chi connectivity index (χ2n) is 5.94. The van der Waals surface area contributed by atoms with Crippen LogP contribution in [0.3, 0.4) is 0 Å². The molecule has 0 atom stereocenters. The van der Waals surface area contributed by atoms with Crippen LogP contribution in [0, 0.1) is 11.6 Å². The fourth-order valence-electron chi connectivity index (χ4n) is 2.31. The number of nitrogens with zero attached hydrogens (tertiary/aromatic N) is 2. The van der Waals surface area contributed by atoms with Crippen molar-refractivity contribution < 1.29 is 48.3 Å². The van der Waals surface area contributed by atoms with E-state index in [0.717, 1.165) is 6.20 Å². The number of alkyl halides is 6. The summed E-state index contributed by atoms with van der Waals surface area (Å²) in [4.78, 5) is -1.20. The molecule has 2 aromatic carbocycles. The maximum atomic E-state index is 14.3. The van der Waals surface area contributed by atoms with Gasteiger partial charge in [0, 0.05) is 23.7 Å². The molecular weight excluding hydrogens is 498 g/mol. The van der Waals surface area contributed by atoms with E-state index in [4.69, 9.17) is 0 Å². The molecular formula is C16H7F8N3O3S2. The largest absolute Gasteiger partial charge is 0.454 e. The number of halogens is 8. The normalized spacial score (nSPS) is 12.6. The minimum Gasteiger partial charge on any atom is -0.454 e. The molecule has 0 spiro atoms. The van der Waals surface area contributed by atoms with Crippen LogP contribution in [-0.2, 0) is 22.4 Å². The zero-order chi connectivity index (χ0) is 23.9. The van der Waals surface area contributed by atoms with Gasteiger partial charge in [-0.2, -0.15) is 26.3 Å². The summed E-state index contributed by atoms with van der Waals surface area (Å²) >= 11 is 0.590. The van der Waals surface area contributed by atoms with E-state index in [9.17, 15) is 43.5 Å². The van der Waals surface area contributed by atoms with Gasteiger partial charge in [0.2, 0.25) is 0 Å². The van der Waals surface area contributed by atoms with Gasteiger partial charge in [0.25, 0.3) is 10.0 Å². The van der Waals surface area contributed by atoms with E-state index in [1.54, 1.807) is 0 Å². The van der Waals surface area contributed by atoms with E-state index in [2.05, 4.69) is 14.3 Å². The van der Waals surface area contributed by atoms with Gasteiger partial charge in [-0.05, 0) is 18.2 Å². The second kappa shape index (κ2) is 8.16. The van der Waals surface area contributed by atoms with Crippen LogP contribution >= 0.6 is 11.5 Å². The number of anilines is 1. The first-order valence-electron chi connectivity index (χ1n) is 7.93. The third kappa shape index (κ3) is 5.24. The molecule has 172 valence electrons. The Morgan fingerprint density at radius 2 is 1.47 bits per heavy atom. The van der Waals surface area contributed by atoms with Crippen molar-refractivity contribution in [3.05, 3.63) is 59.3 Å². The van der Waals surface area contributed by atoms with Crippen molar-refractivity contribution in [3.63, 3.8) is 0 Å². The van der Waals surface area contributed by atoms with Crippen LogP contribution in [0.4, 0.5) is 40.1 Å². The molecule has 0 saturated carbocycles. The maximum Gasteiger partial charge on any atom is 0.416 e. The lowest BCUT2D eigenvalue weighted by atomic mass is 10.1. The van der Waals surface area contributed by atoms with Crippen LogP contribution in [0.1, 0.15) is 11.1 Å². The molecule has 0 aliphatic rings. The highest BCUT2D eigenvalue weighted by Crippen LogP contribution is 2.40. The van der Waals surface area contributed by atoms with Gasteiger partial charge in [-0.15, -0.1) is 5.10 Å². The molecule has 1 N–H and O–H groups in total. The number of hydrogen-bond acceptors (Lipinski definition) is 6. The molecule has 0 radical (unpaired) electrons. The number of benzene rings is 2. The minimum atomic E-state index is -5.20. The van der Waals surface area contributed by atoms with E-state index < -0.39 is 61.5 Å². The zero-order valence-corrected chi connectivity index (χ0v) is 16.6. The van der Waals surface area contributed by atoms with Crippen molar-refractivity contribution in [2.75, 3.05) is 4.72 Å². The highest BCUT2D eigenvalue weighted by Gasteiger charge is 2.37. The van der Waals surface area contributed by atoms with E-state index in [1.807, 2.05) is 4.72 Å². The summed E-state index contributed by atoms with van der Waals surface area (Å²) in [5.41, 5.74) is -3.49. The van der Waals surface area contributed by atoms with E-state index in [1.165, 1.54) is 0 Å². The number of ether oxygens (including phenoxy) is 1. The minimum absolute atomic E-state index is 0.131. The molecule has 0 aliphatic carbocycles. The van der Waals surface area contributed by atoms with Crippen LogP contribution in [0.5, 0.6) is 11.5 Å². The zero-order valence-electron chi connectivity index (χ0n) is 14.9. The number of hydrogen-bond donors (Lipinski definition) is 1. The van der Waals surface area contributed by atoms with Gasteiger partial charge in [-0.25, -0.2) is 17.2 Å². The first-order valence-corrected chi connectivity index (χ1v) is 10.2. The summed E-state index contributed by atoms with van der Waals surface area (Å²) in [6.07, 6.45) is -9.41. The Bertz CT molecular complexity index is 1210. The molecule has 32 heavy (non-hydrogen) atoms. The Morgan fingerprint density at radius 3 is 1.97 bits per heavy atom. The first kappa shape index (κ1) is 23.6. The standard InChI is InChI=1S/C16H7F8N3O3S2/c17-10-5-13(32(28,29)26-14-6-25-27-31-14)11(18)4-12(10)30-9-2-7(15(19,20)21)1-8(3-9)16(22,23)24/h1-6,26H. The van der Waals surface area contributed by atoms with Gasteiger partial charge in [0.05, 0.1) is 17.3 Å². The summed E-state index contributed by atoms with van der Waals surface area (Å²) in [6.45, 7) is 0. The first-order chi connectivity index (χ1) is 14.7. The number of aromatic nitrogens is 2. The molecule has 3 aromatic rings. The Kier molecular flexibility index (Phi) is 6.03. The van der Waals surface area contributed by atoms with Crippen molar-refractivity contribution in [1.29, 1.82) is 0 Å². The number of rotatable bonds is 5. The SMILES string of the molecule is O=S(=O)(Nc1cnns1)c1cc(F)c(Oc2cc(C(F)(F)F)cc(C(F)(F)F)c2)cc1F. The van der Waals surface area contributed by atoms with Crippen LogP contribution in [-0.4, -0.2) is 18.0 Å². The van der Waals surface area contributed by atoms with Crippen molar-refractivity contribution in [2.24, 2.45) is 0 Å². The van der Waals surface area contributed by atoms with Crippen LogP contribution < -0.4 is 9.46 Å². The molecule has 0 aliphatic heterocycles. The molecule has 0 amide bonds. The Balaban J connectivity index is 1.99. The summed E-state index contributed by atoms with van der Waals surface area (Å²) in [5.74, 6) is -5.40. The molecule has 0 saturated heterocycles. The van der Waals surface area contributed by atoms with Gasteiger partial charge < -0.3 is 4.74 Å². The van der Waals surface area contributed by atoms with Crippen molar-refractivity contribution in [1.82, 2.24) is 9.59 Å². The van der Waals surface area contributed by atoms with E-state index in [0.29, 0.717) is 11.5 Å². The summed E-state index contributed by atoms with van der Waals surface area (Å²) < 4.78 is 141. The average Bonchev–Trinajstić information content (AvgIpc) is 3.15. The molecule has 16 heteroatoms. The van der Waals surface area contributed by atoms with Crippen LogP contribution in [0.2, 0.25) is 0 Å². The smallest absolute Gasteiger partial charge is 0.416 e. The predicted octanol–water partition coefficient (Wildman–Crippen LogP) is 5.45. The molecule has 0 unspecified atom stereocenters. The monoisotopic (exact) mass is 505 g/mol. The average molecular weight is 505 g/mol. The molecule has 3 rings (SSSR count). The van der Waals surface area contributed by atoms with Crippen molar-refractivity contribution in [3.8, 4) is 11.5 Å². The third-order valence-electron chi connectivity index (χ3n) is 3.66. The highest BCUT2D eigenvalue weighted by molar-refractivity contribution is 7.93. The number of sulfonamides is 1.